The summed E-state index contributed by atoms with van der Waals surface area (Å²) in [6.07, 6.45) is 2.09. The topological polar surface area (TPSA) is 28.2 Å². The second-order valence-electron chi connectivity index (χ2n) is 5.67. The smallest absolute Gasteiger partial charge is 0.0726 e. The molecule has 20 heavy (non-hydrogen) atoms. The van der Waals surface area contributed by atoms with Crippen molar-refractivity contribution in [2.24, 2.45) is 0 Å². The maximum atomic E-state index is 4.69. The average molecular weight is 271 g/mol. The SMILES string of the molecule is CCc1cc(NC(C)CCN(C)C)c2ccccc2n1. The first-order valence-corrected chi connectivity index (χ1v) is 7.40. The van der Waals surface area contributed by atoms with E-state index < -0.39 is 0 Å². The van der Waals surface area contributed by atoms with Crippen LogP contribution in [0.1, 0.15) is 26.0 Å². The van der Waals surface area contributed by atoms with Gasteiger partial charge in [0.1, 0.15) is 0 Å². The summed E-state index contributed by atoms with van der Waals surface area (Å²) in [5.74, 6) is 0. The number of pyridine rings is 1. The van der Waals surface area contributed by atoms with Crippen molar-refractivity contribution in [2.45, 2.75) is 32.7 Å². The number of fused-ring (bicyclic) bond motifs is 1. The monoisotopic (exact) mass is 271 g/mol. The molecule has 3 nitrogen and oxygen atoms in total. The second-order valence-corrected chi connectivity index (χ2v) is 5.67. The van der Waals surface area contributed by atoms with E-state index >= 15 is 0 Å². The molecule has 1 aromatic carbocycles. The van der Waals surface area contributed by atoms with Crippen molar-refractivity contribution in [3.05, 3.63) is 36.0 Å². The summed E-state index contributed by atoms with van der Waals surface area (Å²) in [7, 11) is 4.23. The van der Waals surface area contributed by atoms with Crippen molar-refractivity contribution in [1.29, 1.82) is 0 Å². The van der Waals surface area contributed by atoms with Gasteiger partial charge in [-0.05, 0) is 52.5 Å². The number of anilines is 1. The van der Waals surface area contributed by atoms with Crippen molar-refractivity contribution < 1.29 is 0 Å². The van der Waals surface area contributed by atoms with E-state index in [1.165, 1.54) is 11.1 Å². The Labute approximate surface area is 122 Å². The number of aromatic nitrogens is 1. The van der Waals surface area contributed by atoms with E-state index in [1.54, 1.807) is 0 Å². The summed E-state index contributed by atoms with van der Waals surface area (Å²) >= 11 is 0. The molecular weight excluding hydrogens is 246 g/mol. The van der Waals surface area contributed by atoms with Gasteiger partial charge in [-0.15, -0.1) is 0 Å². The zero-order valence-corrected chi connectivity index (χ0v) is 13.0. The second kappa shape index (κ2) is 6.71. The number of nitrogens with zero attached hydrogens (tertiary/aromatic N) is 2. The molecular formula is C17H25N3. The standard InChI is InChI=1S/C17H25N3/c1-5-14-12-17(18-13(2)10-11-20(3)4)15-8-6-7-9-16(15)19-14/h6-9,12-13H,5,10-11H2,1-4H3,(H,18,19). The molecule has 0 radical (unpaired) electrons. The first-order chi connectivity index (χ1) is 9.60. The highest BCUT2D eigenvalue weighted by atomic mass is 15.1. The summed E-state index contributed by atoms with van der Waals surface area (Å²) in [4.78, 5) is 6.91. The zero-order valence-electron chi connectivity index (χ0n) is 13.0. The number of aryl methyl sites for hydroxylation is 1. The zero-order chi connectivity index (χ0) is 14.5. The predicted octanol–water partition coefficient (Wildman–Crippen LogP) is 3.55. The molecule has 1 heterocycles. The summed E-state index contributed by atoms with van der Waals surface area (Å²) < 4.78 is 0. The van der Waals surface area contributed by atoms with Gasteiger partial charge in [0.05, 0.1) is 5.52 Å². The first kappa shape index (κ1) is 14.8. The van der Waals surface area contributed by atoms with Crippen LogP contribution in [0.3, 0.4) is 0 Å². The van der Waals surface area contributed by atoms with Gasteiger partial charge in [0.25, 0.3) is 0 Å². The van der Waals surface area contributed by atoms with Crippen molar-refractivity contribution in [3.8, 4) is 0 Å². The Kier molecular flexibility index (Phi) is 4.96. The molecule has 0 spiro atoms. The molecule has 0 aliphatic rings. The Bertz CT molecular complexity index is 563. The number of para-hydroxylation sites is 1. The molecule has 1 atom stereocenters. The van der Waals surface area contributed by atoms with Crippen LogP contribution in [0.5, 0.6) is 0 Å². The third-order valence-corrected chi connectivity index (χ3v) is 3.54. The fraction of sp³-hybridized carbons (Fsp3) is 0.471. The molecule has 1 unspecified atom stereocenters. The fourth-order valence-corrected chi connectivity index (χ4v) is 2.32. The predicted molar refractivity (Wildman–Crippen MR) is 87.4 cm³/mol. The van der Waals surface area contributed by atoms with Crippen LogP contribution < -0.4 is 5.32 Å². The molecule has 0 saturated carbocycles. The molecule has 0 amide bonds. The molecule has 1 N–H and O–H groups in total. The Morgan fingerprint density at radius 2 is 2.00 bits per heavy atom. The Morgan fingerprint density at radius 3 is 2.70 bits per heavy atom. The van der Waals surface area contributed by atoms with Gasteiger partial charge in [0.15, 0.2) is 0 Å². The van der Waals surface area contributed by atoms with Gasteiger partial charge in [-0.2, -0.15) is 0 Å². The van der Waals surface area contributed by atoms with Gasteiger partial charge in [-0.3, -0.25) is 4.98 Å². The number of benzene rings is 1. The van der Waals surface area contributed by atoms with E-state index in [1.807, 2.05) is 6.07 Å². The minimum atomic E-state index is 0.452. The molecule has 0 fully saturated rings. The van der Waals surface area contributed by atoms with Crippen molar-refractivity contribution in [3.63, 3.8) is 0 Å². The molecule has 108 valence electrons. The van der Waals surface area contributed by atoms with E-state index in [-0.39, 0.29) is 0 Å². The fourth-order valence-electron chi connectivity index (χ4n) is 2.32. The van der Waals surface area contributed by atoms with Crippen molar-refractivity contribution >= 4 is 16.6 Å². The molecule has 0 saturated heterocycles. The summed E-state index contributed by atoms with van der Waals surface area (Å²) in [5, 5.41) is 4.86. The van der Waals surface area contributed by atoms with Gasteiger partial charge < -0.3 is 10.2 Å². The van der Waals surface area contributed by atoms with Gasteiger partial charge in [-0.1, -0.05) is 25.1 Å². The quantitative estimate of drug-likeness (QED) is 0.871. The van der Waals surface area contributed by atoms with Crippen LogP contribution in [0, 0.1) is 0 Å². The largest absolute Gasteiger partial charge is 0.382 e. The molecule has 0 aliphatic carbocycles. The summed E-state index contributed by atoms with van der Waals surface area (Å²) in [6.45, 7) is 5.48. The van der Waals surface area contributed by atoms with Crippen LogP contribution in [0.25, 0.3) is 10.9 Å². The maximum absolute atomic E-state index is 4.69. The van der Waals surface area contributed by atoms with Gasteiger partial charge in [-0.25, -0.2) is 0 Å². The minimum absolute atomic E-state index is 0.452. The van der Waals surface area contributed by atoms with Crippen LogP contribution in [0.2, 0.25) is 0 Å². The highest BCUT2D eigenvalue weighted by molar-refractivity contribution is 5.91. The lowest BCUT2D eigenvalue weighted by molar-refractivity contribution is 0.390. The van der Waals surface area contributed by atoms with E-state index in [0.29, 0.717) is 6.04 Å². The maximum Gasteiger partial charge on any atom is 0.0726 e. The number of hydrogen-bond acceptors (Lipinski definition) is 3. The van der Waals surface area contributed by atoms with Crippen molar-refractivity contribution in [1.82, 2.24) is 9.88 Å². The molecule has 3 heteroatoms. The van der Waals surface area contributed by atoms with Crippen LogP contribution in [-0.4, -0.2) is 36.6 Å². The van der Waals surface area contributed by atoms with Gasteiger partial charge >= 0.3 is 0 Å². The van der Waals surface area contributed by atoms with Crippen LogP contribution in [0.4, 0.5) is 5.69 Å². The third kappa shape index (κ3) is 3.70. The van der Waals surface area contributed by atoms with E-state index in [9.17, 15) is 0 Å². The lowest BCUT2D eigenvalue weighted by Gasteiger charge is -2.19. The van der Waals surface area contributed by atoms with Gasteiger partial charge in [0.2, 0.25) is 0 Å². The Hall–Kier alpha value is -1.61. The van der Waals surface area contributed by atoms with Crippen LogP contribution in [-0.2, 0) is 6.42 Å². The molecule has 2 rings (SSSR count). The molecule has 2 aromatic rings. The van der Waals surface area contributed by atoms with Gasteiger partial charge in [0, 0.05) is 22.8 Å². The van der Waals surface area contributed by atoms with Crippen LogP contribution >= 0.6 is 0 Å². The molecule has 0 aliphatic heterocycles. The lowest BCUT2D eigenvalue weighted by atomic mass is 10.1. The first-order valence-electron chi connectivity index (χ1n) is 7.40. The third-order valence-electron chi connectivity index (χ3n) is 3.54. The number of hydrogen-bond donors (Lipinski definition) is 1. The summed E-state index contributed by atoms with van der Waals surface area (Å²) in [6, 6.07) is 11.0. The highest BCUT2D eigenvalue weighted by Crippen LogP contribution is 2.24. The number of rotatable bonds is 6. The molecule has 0 bridgehead atoms. The summed E-state index contributed by atoms with van der Waals surface area (Å²) in [5.41, 5.74) is 3.43. The van der Waals surface area contributed by atoms with E-state index in [2.05, 4.69) is 67.4 Å². The van der Waals surface area contributed by atoms with E-state index in [0.717, 1.165) is 30.6 Å². The average Bonchev–Trinajstić information content (AvgIpc) is 2.45. The number of nitrogens with one attached hydrogen (secondary N) is 1. The Morgan fingerprint density at radius 1 is 1.25 bits per heavy atom. The van der Waals surface area contributed by atoms with E-state index in [4.69, 9.17) is 0 Å². The Balaban J connectivity index is 2.23. The lowest BCUT2D eigenvalue weighted by Crippen LogP contribution is -2.23. The highest BCUT2D eigenvalue weighted by Gasteiger charge is 2.08. The van der Waals surface area contributed by atoms with Crippen LogP contribution in [0.15, 0.2) is 30.3 Å². The molecule has 1 aromatic heterocycles. The normalized spacial score (nSPS) is 12.8. The minimum Gasteiger partial charge on any atom is -0.382 e. The van der Waals surface area contributed by atoms with Crippen molar-refractivity contribution in [2.75, 3.05) is 26.0 Å².